The third-order valence-electron chi connectivity index (χ3n) is 5.73. The Kier molecular flexibility index (Phi) is 10.7. The predicted molar refractivity (Wildman–Crippen MR) is 128 cm³/mol. The number of H-pyrrole nitrogens is 1. The number of aromatic nitrogens is 4. The van der Waals surface area contributed by atoms with Crippen LogP contribution in [0.15, 0.2) is 21.7 Å². The summed E-state index contributed by atoms with van der Waals surface area (Å²) in [6.07, 6.45) is -8.97. The van der Waals surface area contributed by atoms with Gasteiger partial charge in [0.2, 0.25) is 0 Å². The molecule has 0 aliphatic carbocycles. The molecule has 0 saturated heterocycles. The second kappa shape index (κ2) is 13.1. The molecule has 2 heterocycles. The molecular weight excluding hydrogens is 496 g/mol. The Labute approximate surface area is 209 Å². The molecule has 15 nitrogen and oxygen atoms in total. The van der Waals surface area contributed by atoms with E-state index in [2.05, 4.69) is 15.0 Å². The van der Waals surface area contributed by atoms with Gasteiger partial charge in [-0.15, -0.1) is 0 Å². The molecule has 2 aliphatic heterocycles. The van der Waals surface area contributed by atoms with Crippen molar-refractivity contribution in [3.8, 4) is 11.5 Å². The number of aliphatic hydroxyl groups excluding tert-OH is 9. The van der Waals surface area contributed by atoms with Gasteiger partial charge in [-0.05, 0) is 37.1 Å². The lowest BCUT2D eigenvalue weighted by Crippen LogP contribution is -2.42. The van der Waals surface area contributed by atoms with Crippen LogP contribution in [-0.2, 0) is 6.54 Å². The van der Waals surface area contributed by atoms with Crippen LogP contribution in [-0.4, -0.2) is 122 Å². The summed E-state index contributed by atoms with van der Waals surface area (Å²) in [4.78, 5) is 34.0. The average Bonchev–Trinajstić information content (AvgIpc) is 2.88. The lowest BCUT2D eigenvalue weighted by molar-refractivity contribution is -0.0900. The van der Waals surface area contributed by atoms with E-state index >= 15 is 0 Å². The van der Waals surface area contributed by atoms with Crippen molar-refractivity contribution >= 4 is 11.0 Å². The molecule has 1 aromatic rings. The normalized spacial score (nSPS) is 16.5. The third kappa shape index (κ3) is 7.13. The standard InChI is InChI=1S/C17H20N4O6.C5H12O5/c1-7-3-9-10(4-8(7)2)21(5-11(23)14(25)12(24)6-22)15-13(18-9)16(26)20-17(27)19-15;6-1-3(8)5(10)4(9)2-7/h3-4,11-12,14,22-25H,5-6H2,1-2H3,(H,20,26,27);3-10H,1-2H2/t11-,12+,14-;3-,4+,5-/m0./s1. The molecule has 0 unspecified atom stereocenters. The van der Waals surface area contributed by atoms with E-state index in [0.717, 1.165) is 11.1 Å². The summed E-state index contributed by atoms with van der Waals surface area (Å²) in [5.74, 6) is -0.0516. The molecule has 0 spiro atoms. The molecule has 0 saturated carbocycles. The number of hydrogen-bond acceptors (Lipinski definition) is 13. The van der Waals surface area contributed by atoms with Gasteiger partial charge in [0.15, 0.2) is 11.5 Å². The zero-order valence-electron chi connectivity index (χ0n) is 20.1. The van der Waals surface area contributed by atoms with Gasteiger partial charge in [-0.3, -0.25) is 9.78 Å². The molecule has 0 fully saturated rings. The van der Waals surface area contributed by atoms with Crippen molar-refractivity contribution in [1.82, 2.24) is 19.5 Å². The van der Waals surface area contributed by atoms with Crippen molar-refractivity contribution in [2.45, 2.75) is 57.0 Å². The highest BCUT2D eigenvalue weighted by molar-refractivity contribution is 5.81. The molecule has 0 aromatic heterocycles. The fourth-order valence-electron chi connectivity index (χ4n) is 3.37. The van der Waals surface area contributed by atoms with Crippen LogP contribution in [0, 0.1) is 13.8 Å². The average molecular weight is 529 g/mol. The number of fused-ring (bicyclic) bond motifs is 2. The maximum atomic E-state index is 12.2. The maximum absolute atomic E-state index is 12.2. The number of nitrogens with zero attached hydrogens (tertiary/aromatic N) is 3. The first kappa shape index (κ1) is 30.4. The third-order valence-corrected chi connectivity index (χ3v) is 5.73. The fraction of sp³-hybridized carbons (Fsp3) is 0.545. The van der Waals surface area contributed by atoms with Crippen molar-refractivity contribution in [2.75, 3.05) is 19.8 Å². The fourth-order valence-corrected chi connectivity index (χ4v) is 3.37. The number of nitrogens with one attached hydrogen (secondary N) is 1. The molecule has 0 amide bonds. The molecule has 6 atom stereocenters. The Morgan fingerprint density at radius 2 is 1.27 bits per heavy atom. The summed E-state index contributed by atoms with van der Waals surface area (Å²) in [6.45, 7) is 1.45. The maximum Gasteiger partial charge on any atom is 0.349 e. The van der Waals surface area contributed by atoms with Crippen LogP contribution in [0.2, 0.25) is 0 Å². The Hall–Kier alpha value is -2.86. The summed E-state index contributed by atoms with van der Waals surface area (Å²) < 4.78 is 1.40. The minimum absolute atomic E-state index is 0.0516. The second-order valence-electron chi connectivity index (χ2n) is 8.49. The minimum Gasteiger partial charge on any atom is -0.394 e. The molecule has 10 N–H and O–H groups in total. The van der Waals surface area contributed by atoms with Gasteiger partial charge < -0.3 is 50.5 Å². The Balaban J connectivity index is 0.000000410. The van der Waals surface area contributed by atoms with E-state index < -0.39 is 67.7 Å². The van der Waals surface area contributed by atoms with Gasteiger partial charge >= 0.3 is 5.69 Å². The van der Waals surface area contributed by atoms with Crippen molar-refractivity contribution in [3.63, 3.8) is 0 Å². The SMILES string of the molecule is Cc1cc2nc3c(=O)[nH]c(=O)nc-3n(C[C@H](O)[C@H](O)[C@H](O)CO)c2cc1C.OC[C@@H](O)[C@@H](O)[C@@H](O)CO. The molecule has 15 heteroatoms. The first-order valence-electron chi connectivity index (χ1n) is 11.2. The Bertz CT molecular complexity index is 1250. The predicted octanol–water partition coefficient (Wildman–Crippen LogP) is -4.67. The van der Waals surface area contributed by atoms with E-state index in [1.807, 2.05) is 13.8 Å². The molecule has 2 aliphatic rings. The largest absolute Gasteiger partial charge is 0.394 e. The molecular formula is C22H32N4O11. The number of hydrogen-bond donors (Lipinski definition) is 10. The zero-order valence-corrected chi connectivity index (χ0v) is 20.1. The highest BCUT2D eigenvalue weighted by Crippen LogP contribution is 2.24. The highest BCUT2D eigenvalue weighted by atomic mass is 16.4. The van der Waals surface area contributed by atoms with E-state index in [1.165, 1.54) is 4.57 Å². The van der Waals surface area contributed by atoms with Gasteiger partial charge in [-0.25, -0.2) is 9.78 Å². The molecule has 37 heavy (non-hydrogen) atoms. The number of rotatable bonds is 9. The van der Waals surface area contributed by atoms with Crippen LogP contribution in [0.4, 0.5) is 0 Å². The van der Waals surface area contributed by atoms with Crippen molar-refractivity contribution in [2.24, 2.45) is 0 Å². The Morgan fingerprint density at radius 1 is 0.784 bits per heavy atom. The summed E-state index contributed by atoms with van der Waals surface area (Å²) in [7, 11) is 0. The summed E-state index contributed by atoms with van der Waals surface area (Å²) >= 11 is 0. The smallest absolute Gasteiger partial charge is 0.349 e. The monoisotopic (exact) mass is 528 g/mol. The van der Waals surface area contributed by atoms with Crippen LogP contribution in [0.3, 0.4) is 0 Å². The molecule has 0 radical (unpaired) electrons. The van der Waals surface area contributed by atoms with Crippen molar-refractivity contribution in [1.29, 1.82) is 0 Å². The topological polar surface area (TPSA) is 263 Å². The first-order chi connectivity index (χ1) is 17.4. The van der Waals surface area contributed by atoms with Crippen molar-refractivity contribution in [3.05, 3.63) is 44.1 Å². The highest BCUT2D eigenvalue weighted by Gasteiger charge is 2.27. The van der Waals surface area contributed by atoms with Gasteiger partial charge in [0.25, 0.3) is 5.56 Å². The van der Waals surface area contributed by atoms with Gasteiger partial charge in [-0.2, -0.15) is 4.98 Å². The summed E-state index contributed by atoms with van der Waals surface area (Å²) in [6, 6.07) is 3.53. The van der Waals surface area contributed by atoms with Gasteiger partial charge in [0, 0.05) is 0 Å². The van der Waals surface area contributed by atoms with Crippen molar-refractivity contribution < 1.29 is 46.0 Å². The molecule has 206 valence electrons. The number of aryl methyl sites for hydroxylation is 2. The number of aliphatic hydroxyl groups is 9. The summed E-state index contributed by atoms with van der Waals surface area (Å²) in [5.41, 5.74) is 1.11. The second-order valence-corrected chi connectivity index (χ2v) is 8.49. The lowest BCUT2D eigenvalue weighted by Gasteiger charge is -2.25. The van der Waals surface area contributed by atoms with E-state index in [9.17, 15) is 24.9 Å². The Morgan fingerprint density at radius 3 is 1.78 bits per heavy atom. The molecule has 1 aromatic carbocycles. The van der Waals surface area contributed by atoms with E-state index in [1.54, 1.807) is 12.1 Å². The quantitative estimate of drug-likeness (QED) is 0.117. The minimum atomic E-state index is -1.64. The molecule has 0 bridgehead atoms. The van der Waals surface area contributed by atoms with E-state index in [-0.39, 0.29) is 18.1 Å². The summed E-state index contributed by atoms with van der Waals surface area (Å²) in [5, 5.41) is 81.4. The van der Waals surface area contributed by atoms with Gasteiger partial charge in [-0.1, -0.05) is 0 Å². The van der Waals surface area contributed by atoms with Gasteiger partial charge in [0.05, 0.1) is 37.4 Å². The van der Waals surface area contributed by atoms with Crippen LogP contribution in [0.1, 0.15) is 11.1 Å². The number of benzene rings is 1. The number of aromatic amines is 1. The van der Waals surface area contributed by atoms with E-state index in [4.69, 9.17) is 30.6 Å². The van der Waals surface area contributed by atoms with Gasteiger partial charge in [0.1, 0.15) is 36.6 Å². The molecule has 3 rings (SSSR count). The first-order valence-corrected chi connectivity index (χ1v) is 11.2. The van der Waals surface area contributed by atoms with E-state index in [0.29, 0.717) is 11.0 Å². The van der Waals surface area contributed by atoms with Crippen LogP contribution < -0.4 is 11.2 Å². The van der Waals surface area contributed by atoms with Crippen LogP contribution in [0.25, 0.3) is 22.6 Å². The zero-order chi connectivity index (χ0) is 28.0. The lowest BCUT2D eigenvalue weighted by atomic mass is 10.1. The van der Waals surface area contributed by atoms with Crippen LogP contribution in [0.5, 0.6) is 0 Å². The van der Waals surface area contributed by atoms with Crippen LogP contribution >= 0.6 is 0 Å².